The maximum atomic E-state index is 9.10. The van der Waals surface area contributed by atoms with Gasteiger partial charge in [0, 0.05) is 18.1 Å². The van der Waals surface area contributed by atoms with Gasteiger partial charge in [-0.1, -0.05) is 23.7 Å². The first-order valence-electron chi connectivity index (χ1n) is 4.88. The van der Waals surface area contributed by atoms with E-state index in [4.69, 9.17) is 21.8 Å². The molecule has 0 aliphatic rings. The van der Waals surface area contributed by atoms with Crippen LogP contribution in [0.5, 0.6) is 0 Å². The molecule has 1 aromatic carbocycles. The maximum Gasteiger partial charge on any atom is 0.0895 e. The Hall–Kier alpha value is -0.610. The summed E-state index contributed by atoms with van der Waals surface area (Å²) in [6, 6.07) is 5.84. The van der Waals surface area contributed by atoms with Gasteiger partial charge < -0.3 is 15.5 Å². The number of rotatable bonds is 5. The highest BCUT2D eigenvalue weighted by Crippen LogP contribution is 2.16. The Morgan fingerprint density at radius 2 is 2.20 bits per heavy atom. The van der Waals surface area contributed by atoms with Crippen molar-refractivity contribution in [3.8, 4) is 0 Å². The third-order valence-electron chi connectivity index (χ3n) is 2.16. The lowest BCUT2D eigenvalue weighted by molar-refractivity contribution is 0.0942. The average Bonchev–Trinajstić information content (AvgIpc) is 2.23. The molecule has 3 N–H and O–H groups in total. The first kappa shape index (κ1) is 12.5. The lowest BCUT2D eigenvalue weighted by Crippen LogP contribution is -2.28. The predicted molar refractivity (Wildman–Crippen MR) is 61.0 cm³/mol. The molecule has 3 nitrogen and oxygen atoms in total. The summed E-state index contributed by atoms with van der Waals surface area (Å²) in [5.74, 6) is 0. The van der Waals surface area contributed by atoms with Crippen LogP contribution in [-0.4, -0.2) is 29.5 Å². The molecule has 0 fully saturated rings. The number of aryl methyl sites for hydroxylation is 1. The monoisotopic (exact) mass is 229 g/mol. The van der Waals surface area contributed by atoms with Gasteiger partial charge in [-0.3, -0.25) is 0 Å². The molecule has 1 unspecified atom stereocenters. The average molecular weight is 230 g/mol. The molecule has 84 valence electrons. The molecule has 0 heterocycles. The van der Waals surface area contributed by atoms with Gasteiger partial charge in [-0.05, 0) is 24.1 Å². The molecule has 15 heavy (non-hydrogen) atoms. The number of hydrogen-bond acceptors (Lipinski definition) is 3. The highest BCUT2D eigenvalue weighted by atomic mass is 35.5. The second kappa shape index (κ2) is 6.08. The summed E-state index contributed by atoms with van der Waals surface area (Å²) in [7, 11) is 0. The summed E-state index contributed by atoms with van der Waals surface area (Å²) in [5, 5.41) is 21.5. The lowest BCUT2D eigenvalue weighted by atomic mass is 10.1. The fourth-order valence-corrected chi connectivity index (χ4v) is 1.40. The van der Waals surface area contributed by atoms with E-state index in [1.54, 1.807) is 0 Å². The molecule has 1 atom stereocenters. The SMILES string of the molecule is Cc1ccc(CNCC(O)CO)cc1Cl. The number of aliphatic hydroxyl groups is 2. The van der Waals surface area contributed by atoms with E-state index in [1.165, 1.54) is 0 Å². The highest BCUT2D eigenvalue weighted by molar-refractivity contribution is 6.31. The molecule has 0 saturated carbocycles. The summed E-state index contributed by atoms with van der Waals surface area (Å²) in [4.78, 5) is 0. The smallest absolute Gasteiger partial charge is 0.0895 e. The van der Waals surface area contributed by atoms with Gasteiger partial charge in [-0.15, -0.1) is 0 Å². The van der Waals surface area contributed by atoms with Crippen LogP contribution in [0.25, 0.3) is 0 Å². The van der Waals surface area contributed by atoms with Gasteiger partial charge in [-0.25, -0.2) is 0 Å². The summed E-state index contributed by atoms with van der Waals surface area (Å²) >= 11 is 5.97. The number of halogens is 1. The molecule has 0 spiro atoms. The predicted octanol–water partition coefficient (Wildman–Crippen LogP) is 1.09. The van der Waals surface area contributed by atoms with Crippen LogP contribution in [0.1, 0.15) is 11.1 Å². The Balaban J connectivity index is 2.41. The Bertz CT molecular complexity index is 317. The third-order valence-corrected chi connectivity index (χ3v) is 2.56. The molecule has 0 saturated heterocycles. The molecular formula is C11H16ClNO2. The topological polar surface area (TPSA) is 52.5 Å². The van der Waals surface area contributed by atoms with Crippen LogP contribution in [0.4, 0.5) is 0 Å². The Morgan fingerprint density at radius 3 is 2.80 bits per heavy atom. The Labute approximate surface area is 94.7 Å². The summed E-state index contributed by atoms with van der Waals surface area (Å²) in [6.45, 7) is 2.75. The molecule has 0 aliphatic heterocycles. The van der Waals surface area contributed by atoms with E-state index in [9.17, 15) is 0 Å². The molecule has 0 radical (unpaired) electrons. The number of benzene rings is 1. The van der Waals surface area contributed by atoms with E-state index in [-0.39, 0.29) is 6.61 Å². The van der Waals surface area contributed by atoms with E-state index < -0.39 is 6.10 Å². The van der Waals surface area contributed by atoms with Gasteiger partial charge in [0.2, 0.25) is 0 Å². The van der Waals surface area contributed by atoms with Gasteiger partial charge >= 0.3 is 0 Å². The number of hydrogen-bond donors (Lipinski definition) is 3. The summed E-state index contributed by atoms with van der Waals surface area (Å²) in [6.07, 6.45) is -0.703. The van der Waals surface area contributed by atoms with Crippen molar-refractivity contribution in [1.82, 2.24) is 5.32 Å². The zero-order chi connectivity index (χ0) is 11.3. The molecule has 1 aromatic rings. The van der Waals surface area contributed by atoms with Crippen molar-refractivity contribution < 1.29 is 10.2 Å². The number of nitrogens with one attached hydrogen (secondary N) is 1. The van der Waals surface area contributed by atoms with Crippen molar-refractivity contribution in [1.29, 1.82) is 0 Å². The van der Waals surface area contributed by atoms with Crippen LogP contribution in [0.15, 0.2) is 18.2 Å². The fourth-order valence-electron chi connectivity index (χ4n) is 1.19. The van der Waals surface area contributed by atoms with Crippen LogP contribution in [0.2, 0.25) is 5.02 Å². The van der Waals surface area contributed by atoms with Crippen LogP contribution in [-0.2, 0) is 6.54 Å². The van der Waals surface area contributed by atoms with Crippen LogP contribution in [0.3, 0.4) is 0 Å². The van der Waals surface area contributed by atoms with E-state index in [1.807, 2.05) is 25.1 Å². The van der Waals surface area contributed by atoms with E-state index in [2.05, 4.69) is 5.32 Å². The second-order valence-electron chi connectivity index (χ2n) is 3.55. The minimum Gasteiger partial charge on any atom is -0.394 e. The van der Waals surface area contributed by atoms with Gasteiger partial charge in [0.15, 0.2) is 0 Å². The quantitative estimate of drug-likeness (QED) is 0.709. The highest BCUT2D eigenvalue weighted by Gasteiger charge is 2.01. The zero-order valence-corrected chi connectivity index (χ0v) is 9.46. The Kier molecular flexibility index (Phi) is 5.05. The molecule has 0 bridgehead atoms. The first-order chi connectivity index (χ1) is 7.13. The molecule has 1 rings (SSSR count). The minimum atomic E-state index is -0.703. The summed E-state index contributed by atoms with van der Waals surface area (Å²) in [5.41, 5.74) is 2.12. The molecule has 0 amide bonds. The van der Waals surface area contributed by atoms with Crippen LogP contribution in [0, 0.1) is 6.92 Å². The summed E-state index contributed by atoms with van der Waals surface area (Å²) < 4.78 is 0. The molecular weight excluding hydrogens is 214 g/mol. The van der Waals surface area contributed by atoms with Crippen molar-refractivity contribution in [2.45, 2.75) is 19.6 Å². The minimum absolute atomic E-state index is 0.221. The van der Waals surface area contributed by atoms with Gasteiger partial charge in [0.1, 0.15) is 0 Å². The molecule has 0 aliphatic carbocycles. The van der Waals surface area contributed by atoms with Gasteiger partial charge in [0.25, 0.3) is 0 Å². The van der Waals surface area contributed by atoms with Crippen molar-refractivity contribution in [3.63, 3.8) is 0 Å². The molecule has 4 heteroatoms. The normalized spacial score (nSPS) is 12.8. The fraction of sp³-hybridized carbons (Fsp3) is 0.455. The first-order valence-corrected chi connectivity index (χ1v) is 5.26. The van der Waals surface area contributed by atoms with Crippen LogP contribution >= 0.6 is 11.6 Å². The van der Waals surface area contributed by atoms with E-state index >= 15 is 0 Å². The van der Waals surface area contributed by atoms with Crippen molar-refractivity contribution >= 4 is 11.6 Å². The molecule has 0 aromatic heterocycles. The van der Waals surface area contributed by atoms with Gasteiger partial charge in [0.05, 0.1) is 12.7 Å². The van der Waals surface area contributed by atoms with Crippen LogP contribution < -0.4 is 5.32 Å². The van der Waals surface area contributed by atoms with Crippen molar-refractivity contribution in [2.75, 3.05) is 13.2 Å². The zero-order valence-electron chi connectivity index (χ0n) is 8.70. The van der Waals surface area contributed by atoms with E-state index in [0.717, 1.165) is 16.1 Å². The third kappa shape index (κ3) is 4.18. The van der Waals surface area contributed by atoms with Crippen molar-refractivity contribution in [3.05, 3.63) is 34.3 Å². The standard InChI is InChI=1S/C11H16ClNO2/c1-8-2-3-9(4-11(8)12)5-13-6-10(15)7-14/h2-4,10,13-15H,5-7H2,1H3. The van der Waals surface area contributed by atoms with Crippen molar-refractivity contribution in [2.24, 2.45) is 0 Å². The number of aliphatic hydroxyl groups excluding tert-OH is 2. The largest absolute Gasteiger partial charge is 0.394 e. The second-order valence-corrected chi connectivity index (χ2v) is 3.96. The van der Waals surface area contributed by atoms with Gasteiger partial charge in [-0.2, -0.15) is 0 Å². The van der Waals surface area contributed by atoms with E-state index in [0.29, 0.717) is 13.1 Å². The maximum absolute atomic E-state index is 9.10. The Morgan fingerprint density at radius 1 is 1.47 bits per heavy atom. The lowest BCUT2D eigenvalue weighted by Gasteiger charge is -2.09.